The Kier molecular flexibility index (Phi) is 9.24. The van der Waals surface area contributed by atoms with Gasteiger partial charge in [-0.1, -0.05) is 0 Å². The highest BCUT2D eigenvalue weighted by molar-refractivity contribution is 14.0. The normalized spacial score (nSPS) is 14.6. The molecule has 0 unspecified atom stereocenters. The van der Waals surface area contributed by atoms with Gasteiger partial charge in [0.1, 0.15) is 12.3 Å². The van der Waals surface area contributed by atoms with E-state index in [0.29, 0.717) is 45.1 Å². The third-order valence-corrected chi connectivity index (χ3v) is 3.73. The van der Waals surface area contributed by atoms with E-state index in [1.165, 1.54) is 6.07 Å². The second-order valence-electron chi connectivity index (χ2n) is 5.47. The van der Waals surface area contributed by atoms with Crippen LogP contribution in [0.25, 0.3) is 0 Å². The molecule has 1 saturated heterocycles. The van der Waals surface area contributed by atoms with E-state index in [2.05, 4.69) is 15.2 Å². The van der Waals surface area contributed by atoms with Crippen molar-refractivity contribution in [2.45, 2.75) is 20.4 Å². The summed E-state index contributed by atoms with van der Waals surface area (Å²) in [5, 5.41) is 3.23. The summed E-state index contributed by atoms with van der Waals surface area (Å²) < 4.78 is 10.4. The predicted molar refractivity (Wildman–Crippen MR) is 108 cm³/mol. The number of furan rings is 1. The minimum atomic E-state index is -0.600. The van der Waals surface area contributed by atoms with E-state index in [9.17, 15) is 9.59 Å². The molecule has 146 valence electrons. The SMILES string of the molecule is CCNC(=NCc1ccc(C(N)=O)o1)N1CCN(C(=O)OCC)CC1.I. The van der Waals surface area contributed by atoms with Crippen molar-refractivity contribution in [2.75, 3.05) is 39.3 Å². The fraction of sp³-hybridized carbons (Fsp3) is 0.562. The van der Waals surface area contributed by atoms with Gasteiger partial charge in [0.05, 0.1) is 6.61 Å². The number of primary amides is 1. The summed E-state index contributed by atoms with van der Waals surface area (Å²) in [6, 6.07) is 3.23. The molecule has 0 aromatic carbocycles. The molecular formula is C16H26IN5O4. The first-order chi connectivity index (χ1) is 12.0. The molecule has 2 heterocycles. The Labute approximate surface area is 169 Å². The molecule has 3 N–H and O–H groups in total. The second-order valence-corrected chi connectivity index (χ2v) is 5.47. The van der Waals surface area contributed by atoms with Gasteiger partial charge in [-0.2, -0.15) is 0 Å². The van der Waals surface area contributed by atoms with Crippen LogP contribution in [0.15, 0.2) is 21.5 Å². The summed E-state index contributed by atoms with van der Waals surface area (Å²) in [5.74, 6) is 0.827. The Morgan fingerprint density at radius 1 is 1.23 bits per heavy atom. The number of amides is 2. The number of nitrogens with one attached hydrogen (secondary N) is 1. The van der Waals surface area contributed by atoms with Gasteiger partial charge in [-0.05, 0) is 26.0 Å². The lowest BCUT2D eigenvalue weighted by Gasteiger charge is -2.35. The Bertz CT molecular complexity index is 626. The van der Waals surface area contributed by atoms with Crippen LogP contribution in [0.3, 0.4) is 0 Å². The summed E-state index contributed by atoms with van der Waals surface area (Å²) >= 11 is 0. The van der Waals surface area contributed by atoms with Crippen molar-refractivity contribution >= 4 is 41.9 Å². The van der Waals surface area contributed by atoms with Crippen molar-refractivity contribution in [3.8, 4) is 0 Å². The maximum absolute atomic E-state index is 11.8. The Balaban J connectivity index is 0.00000338. The number of piperazine rings is 1. The average Bonchev–Trinajstić information content (AvgIpc) is 3.08. The quantitative estimate of drug-likeness (QED) is 0.373. The maximum Gasteiger partial charge on any atom is 0.409 e. The van der Waals surface area contributed by atoms with Crippen molar-refractivity contribution in [1.82, 2.24) is 15.1 Å². The van der Waals surface area contributed by atoms with Crippen molar-refractivity contribution in [1.29, 1.82) is 0 Å². The number of halogens is 1. The summed E-state index contributed by atoms with van der Waals surface area (Å²) in [6.07, 6.45) is -0.279. The van der Waals surface area contributed by atoms with Gasteiger partial charge in [-0.25, -0.2) is 9.79 Å². The highest BCUT2D eigenvalue weighted by atomic mass is 127. The molecule has 2 rings (SSSR count). The van der Waals surface area contributed by atoms with Crippen LogP contribution in [0.5, 0.6) is 0 Å². The molecular weight excluding hydrogens is 453 g/mol. The fourth-order valence-electron chi connectivity index (χ4n) is 2.49. The summed E-state index contributed by atoms with van der Waals surface area (Å²) in [6.45, 7) is 7.66. The molecule has 0 radical (unpaired) electrons. The lowest BCUT2D eigenvalue weighted by Crippen LogP contribution is -2.53. The van der Waals surface area contributed by atoms with Crippen LogP contribution in [0.1, 0.15) is 30.2 Å². The number of carbonyl (C=O) groups excluding carboxylic acids is 2. The number of rotatable bonds is 5. The smallest absolute Gasteiger partial charge is 0.409 e. The standard InChI is InChI=1S/C16H25N5O4.HI/c1-3-18-15(19-11-12-5-6-13(25-12)14(17)22)20-7-9-21(10-8-20)16(23)24-4-2;/h5-6H,3-4,7-11H2,1-2H3,(H2,17,22)(H,18,19);1H. The first kappa shape index (κ1) is 22.1. The zero-order valence-electron chi connectivity index (χ0n) is 15.1. The zero-order chi connectivity index (χ0) is 18.2. The van der Waals surface area contributed by atoms with Crippen LogP contribution in [-0.4, -0.2) is 67.1 Å². The highest BCUT2D eigenvalue weighted by Gasteiger charge is 2.23. The minimum absolute atomic E-state index is 0. The summed E-state index contributed by atoms with van der Waals surface area (Å²) in [5.41, 5.74) is 5.18. The number of nitrogens with two attached hydrogens (primary N) is 1. The third-order valence-electron chi connectivity index (χ3n) is 3.73. The molecule has 0 saturated carbocycles. The molecule has 1 aliphatic rings. The molecule has 26 heavy (non-hydrogen) atoms. The van der Waals surface area contributed by atoms with Gasteiger partial charge in [-0.3, -0.25) is 4.79 Å². The van der Waals surface area contributed by atoms with Crippen LogP contribution in [0.2, 0.25) is 0 Å². The number of hydrogen-bond acceptors (Lipinski definition) is 5. The van der Waals surface area contributed by atoms with E-state index in [0.717, 1.165) is 12.5 Å². The molecule has 1 aliphatic heterocycles. The Morgan fingerprint density at radius 3 is 2.42 bits per heavy atom. The number of ether oxygens (including phenoxy) is 1. The second kappa shape index (κ2) is 10.9. The molecule has 1 fully saturated rings. The van der Waals surface area contributed by atoms with Crippen molar-refractivity contribution < 1.29 is 18.7 Å². The van der Waals surface area contributed by atoms with E-state index in [1.807, 2.05) is 6.92 Å². The number of hydrogen-bond donors (Lipinski definition) is 2. The number of nitrogens with zero attached hydrogens (tertiary/aromatic N) is 3. The predicted octanol–water partition coefficient (Wildman–Crippen LogP) is 1.24. The number of aliphatic imine (C=N–C) groups is 1. The third kappa shape index (κ3) is 6.07. The lowest BCUT2D eigenvalue weighted by atomic mass is 10.3. The average molecular weight is 479 g/mol. The van der Waals surface area contributed by atoms with Gasteiger partial charge in [0.15, 0.2) is 11.7 Å². The van der Waals surface area contributed by atoms with Gasteiger partial charge in [-0.15, -0.1) is 24.0 Å². The van der Waals surface area contributed by atoms with E-state index in [1.54, 1.807) is 17.9 Å². The van der Waals surface area contributed by atoms with Crippen LogP contribution >= 0.6 is 24.0 Å². The van der Waals surface area contributed by atoms with Gasteiger partial charge in [0, 0.05) is 32.7 Å². The lowest BCUT2D eigenvalue weighted by molar-refractivity contribution is 0.0913. The maximum atomic E-state index is 11.8. The van der Waals surface area contributed by atoms with E-state index in [-0.39, 0.29) is 35.8 Å². The van der Waals surface area contributed by atoms with E-state index < -0.39 is 5.91 Å². The van der Waals surface area contributed by atoms with Crippen molar-refractivity contribution in [2.24, 2.45) is 10.7 Å². The number of guanidine groups is 1. The Hall–Kier alpha value is -1.98. The van der Waals surface area contributed by atoms with Crippen LogP contribution in [-0.2, 0) is 11.3 Å². The molecule has 9 nitrogen and oxygen atoms in total. The van der Waals surface area contributed by atoms with Crippen LogP contribution in [0.4, 0.5) is 4.79 Å². The molecule has 1 aromatic heterocycles. The van der Waals surface area contributed by atoms with Crippen molar-refractivity contribution in [3.63, 3.8) is 0 Å². The van der Waals surface area contributed by atoms with Gasteiger partial charge in [0.25, 0.3) is 5.91 Å². The largest absolute Gasteiger partial charge is 0.454 e. The topological polar surface area (TPSA) is 113 Å². The Morgan fingerprint density at radius 2 is 1.88 bits per heavy atom. The first-order valence-electron chi connectivity index (χ1n) is 8.38. The fourth-order valence-corrected chi connectivity index (χ4v) is 2.49. The number of carbonyl (C=O) groups is 2. The van der Waals surface area contributed by atoms with Crippen molar-refractivity contribution in [3.05, 3.63) is 23.7 Å². The monoisotopic (exact) mass is 479 g/mol. The van der Waals surface area contributed by atoms with Crippen LogP contribution < -0.4 is 11.1 Å². The van der Waals surface area contributed by atoms with Crippen LogP contribution in [0, 0.1) is 0 Å². The molecule has 0 aliphatic carbocycles. The molecule has 0 spiro atoms. The van der Waals surface area contributed by atoms with Gasteiger partial charge < -0.3 is 30.0 Å². The first-order valence-corrected chi connectivity index (χ1v) is 8.38. The molecule has 10 heteroatoms. The molecule has 0 bridgehead atoms. The van der Waals surface area contributed by atoms with Gasteiger partial charge in [0.2, 0.25) is 0 Å². The minimum Gasteiger partial charge on any atom is -0.454 e. The van der Waals surface area contributed by atoms with Gasteiger partial charge >= 0.3 is 6.09 Å². The highest BCUT2D eigenvalue weighted by Crippen LogP contribution is 2.10. The molecule has 1 aromatic rings. The van der Waals surface area contributed by atoms with E-state index >= 15 is 0 Å². The molecule has 0 atom stereocenters. The zero-order valence-corrected chi connectivity index (χ0v) is 17.4. The van der Waals surface area contributed by atoms with E-state index in [4.69, 9.17) is 14.9 Å². The summed E-state index contributed by atoms with van der Waals surface area (Å²) in [7, 11) is 0. The summed E-state index contributed by atoms with van der Waals surface area (Å²) in [4.78, 5) is 31.1. The molecule has 2 amide bonds.